The Balaban J connectivity index is 0.000000604. The van der Waals surface area contributed by atoms with E-state index in [9.17, 15) is 20.1 Å². The molecule has 1 aromatic rings. The SMILES string of the molecule is CCCCC[C@H](O)CCCC[C@@H]1[C@H]2Cc3cccc(OCC(=O)[O-])c3C[C@H]2C[C@H]1O.CCC[NH2+]CCO. The number of hydrogen-bond acceptors (Lipinski definition) is 6. The first kappa shape index (κ1) is 31.5. The third kappa shape index (κ3) is 10.9. The summed E-state index contributed by atoms with van der Waals surface area (Å²) in [6.45, 7) is 6.18. The van der Waals surface area contributed by atoms with Gasteiger partial charge in [0.1, 0.15) is 12.4 Å². The average Bonchev–Trinajstić information content (AvgIpc) is 3.18. The predicted molar refractivity (Wildman–Crippen MR) is 143 cm³/mol. The number of benzene rings is 1. The van der Waals surface area contributed by atoms with Gasteiger partial charge >= 0.3 is 0 Å². The molecule has 0 heterocycles. The summed E-state index contributed by atoms with van der Waals surface area (Å²) in [6.07, 6.45) is 11.7. The molecule has 0 aliphatic heterocycles. The van der Waals surface area contributed by atoms with Crippen LogP contribution in [-0.2, 0) is 17.6 Å². The van der Waals surface area contributed by atoms with Gasteiger partial charge in [0, 0.05) is 0 Å². The summed E-state index contributed by atoms with van der Waals surface area (Å²) in [6, 6.07) is 5.85. The highest BCUT2D eigenvalue weighted by Gasteiger charge is 2.44. The normalized spacial score (nSPS) is 22.9. The lowest BCUT2D eigenvalue weighted by molar-refractivity contribution is -0.655. The van der Waals surface area contributed by atoms with Gasteiger partial charge < -0.3 is 35.3 Å². The maximum atomic E-state index is 10.8. The van der Waals surface area contributed by atoms with Crippen LogP contribution in [0.4, 0.5) is 0 Å². The van der Waals surface area contributed by atoms with Crippen molar-refractivity contribution < 1.29 is 35.3 Å². The van der Waals surface area contributed by atoms with E-state index in [-0.39, 0.29) is 12.2 Å². The minimum absolute atomic E-state index is 0.182. The summed E-state index contributed by atoms with van der Waals surface area (Å²) in [5.41, 5.74) is 2.32. The molecule has 1 aromatic carbocycles. The van der Waals surface area contributed by atoms with Gasteiger partial charge in [0.2, 0.25) is 0 Å². The Kier molecular flexibility index (Phi) is 15.1. The van der Waals surface area contributed by atoms with Crippen LogP contribution >= 0.6 is 0 Å². The second-order valence-corrected chi connectivity index (χ2v) is 10.9. The van der Waals surface area contributed by atoms with Crippen molar-refractivity contribution in [3.05, 3.63) is 29.3 Å². The standard InChI is InChI=1S/C25H38O5.C5H13NO/c1-2-3-4-9-19(26)10-5-6-11-20-21-13-17-8-7-12-24(30-16-25(28)29)22(17)14-18(21)15-23(20)27;1-2-3-6-4-5-7/h7-8,12,18-21,23,26-27H,2-6,9-11,13-16H2,1H3,(H,28,29);6-7H,2-5H2,1H3/t18-,19-,20+,21-,23+;/m0./s1. The second-order valence-electron chi connectivity index (χ2n) is 10.9. The van der Waals surface area contributed by atoms with Crippen molar-refractivity contribution in [3.8, 4) is 5.75 Å². The molecule has 0 radical (unpaired) electrons. The number of unbranched alkanes of at least 4 members (excludes halogenated alkanes) is 3. The Hall–Kier alpha value is -1.67. The number of aliphatic carboxylic acids is 1. The molecule has 0 unspecified atom stereocenters. The predicted octanol–water partition coefficient (Wildman–Crippen LogP) is 1.98. The summed E-state index contributed by atoms with van der Waals surface area (Å²) < 4.78 is 5.46. The number of carboxylic acids is 1. The van der Waals surface area contributed by atoms with E-state index in [4.69, 9.17) is 9.84 Å². The number of carbonyl (C=O) groups excluding carboxylic acids is 1. The largest absolute Gasteiger partial charge is 0.546 e. The molecule has 37 heavy (non-hydrogen) atoms. The van der Waals surface area contributed by atoms with Gasteiger partial charge in [-0.05, 0) is 79.9 Å². The van der Waals surface area contributed by atoms with Crippen molar-refractivity contribution in [2.45, 2.75) is 103 Å². The van der Waals surface area contributed by atoms with E-state index in [2.05, 4.69) is 25.2 Å². The van der Waals surface area contributed by atoms with Crippen molar-refractivity contribution in [2.24, 2.45) is 17.8 Å². The van der Waals surface area contributed by atoms with Gasteiger partial charge in [-0.2, -0.15) is 0 Å². The highest BCUT2D eigenvalue weighted by Crippen LogP contribution is 2.48. The molecule has 1 fully saturated rings. The van der Waals surface area contributed by atoms with E-state index in [1.807, 2.05) is 12.1 Å². The molecule has 2 aliphatic rings. The number of quaternary nitrogens is 1. The van der Waals surface area contributed by atoms with Crippen LogP contribution in [0.15, 0.2) is 18.2 Å². The van der Waals surface area contributed by atoms with Gasteiger partial charge in [0.25, 0.3) is 0 Å². The molecule has 0 amide bonds. The van der Waals surface area contributed by atoms with Crippen molar-refractivity contribution in [3.63, 3.8) is 0 Å². The van der Waals surface area contributed by atoms with Crippen LogP contribution in [-0.4, -0.2) is 59.8 Å². The molecule has 5 N–H and O–H groups in total. The summed E-state index contributed by atoms with van der Waals surface area (Å²) in [7, 11) is 0. The van der Waals surface area contributed by atoms with Crippen LogP contribution in [0.2, 0.25) is 0 Å². The minimum Gasteiger partial charge on any atom is -0.546 e. The molecule has 7 heteroatoms. The molecule has 212 valence electrons. The van der Waals surface area contributed by atoms with Gasteiger partial charge in [-0.3, -0.25) is 0 Å². The van der Waals surface area contributed by atoms with Gasteiger partial charge in [-0.15, -0.1) is 0 Å². The van der Waals surface area contributed by atoms with Crippen LogP contribution in [0.25, 0.3) is 0 Å². The molecule has 0 bridgehead atoms. The number of carboxylic acid groups (broad SMARTS) is 1. The summed E-state index contributed by atoms with van der Waals surface area (Å²) >= 11 is 0. The number of fused-ring (bicyclic) bond motifs is 2. The van der Waals surface area contributed by atoms with Crippen molar-refractivity contribution >= 4 is 5.97 Å². The lowest BCUT2D eigenvalue weighted by atomic mass is 9.73. The van der Waals surface area contributed by atoms with Crippen LogP contribution in [0.3, 0.4) is 0 Å². The van der Waals surface area contributed by atoms with E-state index in [1.54, 1.807) is 0 Å². The minimum atomic E-state index is -1.21. The fourth-order valence-electron chi connectivity index (χ4n) is 6.05. The highest BCUT2D eigenvalue weighted by molar-refractivity contribution is 5.66. The number of aliphatic hydroxyl groups is 3. The Morgan fingerprint density at radius 3 is 2.54 bits per heavy atom. The lowest BCUT2D eigenvalue weighted by Gasteiger charge is -2.32. The van der Waals surface area contributed by atoms with Crippen molar-refractivity contribution in [1.82, 2.24) is 0 Å². The van der Waals surface area contributed by atoms with Crippen LogP contribution in [0.5, 0.6) is 5.75 Å². The monoisotopic (exact) mass is 521 g/mol. The Bertz CT molecular complexity index is 768. The molecular formula is C30H51NO6. The van der Waals surface area contributed by atoms with E-state index >= 15 is 0 Å². The molecule has 3 rings (SSSR count). The van der Waals surface area contributed by atoms with E-state index in [0.717, 1.165) is 76.4 Å². The Morgan fingerprint density at radius 1 is 1.11 bits per heavy atom. The quantitative estimate of drug-likeness (QED) is 0.247. The third-order valence-electron chi connectivity index (χ3n) is 7.98. The van der Waals surface area contributed by atoms with Gasteiger partial charge in [0.05, 0.1) is 37.9 Å². The topological polar surface area (TPSA) is 127 Å². The fraction of sp³-hybridized carbons (Fsp3) is 0.767. The zero-order chi connectivity index (χ0) is 27.0. The first-order chi connectivity index (χ1) is 17.9. The number of hydrogen-bond donors (Lipinski definition) is 4. The third-order valence-corrected chi connectivity index (χ3v) is 7.98. The van der Waals surface area contributed by atoms with Crippen molar-refractivity contribution in [2.75, 3.05) is 26.3 Å². The molecular weight excluding hydrogens is 470 g/mol. The molecule has 2 aliphatic carbocycles. The molecule has 0 spiro atoms. The lowest BCUT2D eigenvalue weighted by Crippen LogP contribution is -2.85. The first-order valence-electron chi connectivity index (χ1n) is 14.6. The van der Waals surface area contributed by atoms with Gasteiger partial charge in [-0.1, -0.05) is 58.1 Å². The number of carbonyl (C=O) groups is 1. The van der Waals surface area contributed by atoms with E-state index in [0.29, 0.717) is 30.1 Å². The number of ether oxygens (including phenoxy) is 1. The Morgan fingerprint density at radius 2 is 1.86 bits per heavy atom. The van der Waals surface area contributed by atoms with E-state index < -0.39 is 12.6 Å². The van der Waals surface area contributed by atoms with Crippen LogP contribution in [0.1, 0.15) is 89.2 Å². The molecule has 0 aromatic heterocycles. The maximum Gasteiger partial charge on any atom is 0.128 e. The number of nitrogens with two attached hydrogens (primary N) is 1. The molecule has 0 saturated heterocycles. The fourth-order valence-corrected chi connectivity index (χ4v) is 6.05. The van der Waals surface area contributed by atoms with Gasteiger partial charge in [0.15, 0.2) is 0 Å². The van der Waals surface area contributed by atoms with Crippen LogP contribution in [0, 0.1) is 17.8 Å². The summed E-state index contributed by atoms with van der Waals surface area (Å²) in [5.74, 6) is 0.634. The molecule has 1 saturated carbocycles. The van der Waals surface area contributed by atoms with E-state index in [1.165, 1.54) is 24.8 Å². The zero-order valence-electron chi connectivity index (χ0n) is 23.1. The van der Waals surface area contributed by atoms with Gasteiger partial charge in [-0.25, -0.2) is 0 Å². The maximum absolute atomic E-state index is 10.8. The van der Waals surface area contributed by atoms with Crippen molar-refractivity contribution in [1.29, 1.82) is 0 Å². The second kappa shape index (κ2) is 17.8. The number of aliphatic hydroxyl groups excluding tert-OH is 3. The molecule has 5 atom stereocenters. The van der Waals surface area contributed by atoms with Crippen LogP contribution < -0.4 is 15.2 Å². The molecule has 7 nitrogen and oxygen atoms in total. The zero-order valence-corrected chi connectivity index (χ0v) is 23.1. The summed E-state index contributed by atoms with van der Waals surface area (Å²) in [4.78, 5) is 10.8. The highest BCUT2D eigenvalue weighted by atomic mass is 16.5. The number of rotatable bonds is 16. The first-order valence-corrected chi connectivity index (χ1v) is 14.6. The summed E-state index contributed by atoms with van der Waals surface area (Å²) in [5, 5.41) is 42.0. The average molecular weight is 522 g/mol. The Labute approximate surface area is 223 Å². The smallest absolute Gasteiger partial charge is 0.128 e.